The van der Waals surface area contributed by atoms with Crippen LogP contribution in [-0.2, 0) is 15.6 Å². The summed E-state index contributed by atoms with van der Waals surface area (Å²) in [5.74, 6) is -1.16. The first-order chi connectivity index (χ1) is 12.7. The number of pyridine rings is 1. The van der Waals surface area contributed by atoms with Crippen molar-refractivity contribution in [3.05, 3.63) is 60.3 Å². The quantitative estimate of drug-likeness (QED) is 0.648. The number of fused-ring (bicyclic) bond motifs is 1. The van der Waals surface area contributed by atoms with Crippen LogP contribution < -0.4 is 9.47 Å². The molecule has 0 amide bonds. The molecule has 0 bridgehead atoms. The summed E-state index contributed by atoms with van der Waals surface area (Å²) in [6, 6.07) is 11.8. The third-order valence-electron chi connectivity index (χ3n) is 3.71. The number of hydrogen-bond acceptors (Lipinski definition) is 5. The van der Waals surface area contributed by atoms with E-state index in [9.17, 15) is 21.6 Å². The number of aromatic nitrogens is 1. The molecule has 3 rings (SSSR count). The first-order valence-corrected chi connectivity index (χ1v) is 9.33. The van der Waals surface area contributed by atoms with Gasteiger partial charge in [0.2, 0.25) is 0 Å². The van der Waals surface area contributed by atoms with Gasteiger partial charge in [-0.15, -0.1) is 13.2 Å². The predicted molar refractivity (Wildman–Crippen MR) is 92.3 cm³/mol. The van der Waals surface area contributed by atoms with Gasteiger partial charge in [-0.1, -0.05) is 18.2 Å². The van der Waals surface area contributed by atoms with Crippen LogP contribution in [0.2, 0.25) is 0 Å². The number of sulfone groups is 1. The molecule has 5 nitrogen and oxygen atoms in total. The van der Waals surface area contributed by atoms with Crippen molar-refractivity contribution in [1.29, 1.82) is 0 Å². The number of para-hydroxylation sites is 1. The van der Waals surface area contributed by atoms with E-state index in [4.69, 9.17) is 4.74 Å². The van der Waals surface area contributed by atoms with Gasteiger partial charge in [-0.2, -0.15) is 0 Å². The average molecular weight is 397 g/mol. The maximum atomic E-state index is 12.8. The van der Waals surface area contributed by atoms with Gasteiger partial charge in [0.25, 0.3) is 0 Å². The molecule has 0 aliphatic carbocycles. The number of benzene rings is 2. The van der Waals surface area contributed by atoms with Gasteiger partial charge in [0.05, 0.1) is 18.4 Å². The zero-order valence-corrected chi connectivity index (χ0v) is 14.8. The Bertz CT molecular complexity index is 1080. The Balaban J connectivity index is 1.98. The van der Waals surface area contributed by atoms with Gasteiger partial charge in [0, 0.05) is 17.6 Å². The highest BCUT2D eigenvalue weighted by Crippen LogP contribution is 2.33. The van der Waals surface area contributed by atoms with Gasteiger partial charge in [0.1, 0.15) is 16.4 Å². The highest BCUT2D eigenvalue weighted by Gasteiger charge is 2.32. The molecular formula is C18H14F3NO4S. The van der Waals surface area contributed by atoms with E-state index in [1.807, 2.05) is 6.07 Å². The Hall–Kier alpha value is -2.81. The molecule has 2 aromatic carbocycles. The van der Waals surface area contributed by atoms with Gasteiger partial charge in [0.15, 0.2) is 9.84 Å². The van der Waals surface area contributed by atoms with Crippen LogP contribution >= 0.6 is 0 Å². The molecule has 1 heterocycles. The lowest BCUT2D eigenvalue weighted by atomic mass is 10.2. The molecule has 0 N–H and O–H groups in total. The number of nitrogens with zero attached hydrogens (tertiary/aromatic N) is 1. The van der Waals surface area contributed by atoms with Crippen molar-refractivity contribution < 1.29 is 31.1 Å². The Kier molecular flexibility index (Phi) is 4.97. The summed E-state index contributed by atoms with van der Waals surface area (Å²) in [7, 11) is -2.78. The molecule has 0 aliphatic heterocycles. The molecule has 0 saturated heterocycles. The molecule has 0 atom stereocenters. The lowest BCUT2D eigenvalue weighted by molar-refractivity contribution is -0.274. The number of halogens is 3. The average Bonchev–Trinajstić information content (AvgIpc) is 2.60. The predicted octanol–water partition coefficient (Wildman–Crippen LogP) is 4.12. The second-order valence-electron chi connectivity index (χ2n) is 5.66. The van der Waals surface area contributed by atoms with Crippen LogP contribution in [-0.4, -0.2) is 26.9 Å². The van der Waals surface area contributed by atoms with Gasteiger partial charge < -0.3 is 9.47 Å². The van der Waals surface area contributed by atoms with Crippen molar-refractivity contribution in [3.63, 3.8) is 0 Å². The van der Waals surface area contributed by atoms with Crippen molar-refractivity contribution in [2.45, 2.75) is 17.0 Å². The van der Waals surface area contributed by atoms with Crippen LogP contribution in [0.15, 0.2) is 59.6 Å². The van der Waals surface area contributed by atoms with Crippen molar-refractivity contribution in [2.24, 2.45) is 0 Å². The van der Waals surface area contributed by atoms with Crippen LogP contribution in [0.3, 0.4) is 0 Å². The van der Waals surface area contributed by atoms with Crippen LogP contribution in [0.5, 0.6) is 11.5 Å². The molecule has 0 radical (unpaired) electrons. The molecule has 0 fully saturated rings. The molecule has 0 spiro atoms. The lowest BCUT2D eigenvalue weighted by Gasteiger charge is -2.13. The number of ether oxygens (including phenoxy) is 2. The molecule has 0 aliphatic rings. The van der Waals surface area contributed by atoms with Gasteiger partial charge in [-0.25, -0.2) is 8.42 Å². The van der Waals surface area contributed by atoms with E-state index < -0.39 is 27.7 Å². The van der Waals surface area contributed by atoms with Crippen molar-refractivity contribution in [3.8, 4) is 11.5 Å². The Morgan fingerprint density at radius 1 is 1.07 bits per heavy atom. The monoisotopic (exact) mass is 397 g/mol. The van der Waals surface area contributed by atoms with Crippen molar-refractivity contribution >= 4 is 20.7 Å². The smallest absolute Gasteiger partial charge is 0.495 e. The fourth-order valence-electron chi connectivity index (χ4n) is 2.59. The van der Waals surface area contributed by atoms with E-state index in [0.29, 0.717) is 11.1 Å². The van der Waals surface area contributed by atoms with Gasteiger partial charge in [-0.3, -0.25) is 4.98 Å². The molecule has 0 unspecified atom stereocenters. The van der Waals surface area contributed by atoms with Crippen LogP contribution in [0.25, 0.3) is 10.9 Å². The molecule has 0 saturated carbocycles. The van der Waals surface area contributed by atoms with E-state index in [1.165, 1.54) is 13.3 Å². The Morgan fingerprint density at radius 3 is 2.52 bits per heavy atom. The summed E-state index contributed by atoms with van der Waals surface area (Å²) < 4.78 is 71.7. The second kappa shape index (κ2) is 7.07. The fourth-order valence-corrected chi connectivity index (χ4v) is 4.10. The molecule has 1 aromatic heterocycles. The third kappa shape index (κ3) is 4.48. The fraction of sp³-hybridized carbons (Fsp3) is 0.167. The highest BCUT2D eigenvalue weighted by molar-refractivity contribution is 7.90. The number of rotatable bonds is 5. The Labute approximate surface area is 153 Å². The minimum Gasteiger partial charge on any atom is -0.495 e. The van der Waals surface area contributed by atoms with Crippen LogP contribution in [0.4, 0.5) is 13.2 Å². The van der Waals surface area contributed by atoms with Gasteiger partial charge >= 0.3 is 6.36 Å². The second-order valence-corrected chi connectivity index (χ2v) is 7.61. The van der Waals surface area contributed by atoms with Gasteiger partial charge in [-0.05, 0) is 29.8 Å². The Morgan fingerprint density at radius 2 is 1.81 bits per heavy atom. The number of hydrogen-bond donors (Lipinski definition) is 0. The zero-order valence-electron chi connectivity index (χ0n) is 14.0. The summed E-state index contributed by atoms with van der Waals surface area (Å²) in [5.41, 5.74) is 1.11. The van der Waals surface area contributed by atoms with E-state index in [2.05, 4.69) is 9.72 Å². The minimum atomic E-state index is -4.93. The standard InChI is InChI=1S/C18H14F3NO4S/c1-25-16-7-6-14(26-18(19,20)21)9-17(16)27(23,24)11-12-8-13-4-2-3-5-15(13)22-10-12/h2-10H,11H2,1H3. The SMILES string of the molecule is COc1ccc(OC(F)(F)F)cc1S(=O)(=O)Cc1cnc2ccccc2c1. The van der Waals surface area contributed by atoms with E-state index in [0.717, 1.165) is 23.6 Å². The van der Waals surface area contributed by atoms with E-state index in [1.54, 1.807) is 24.3 Å². The number of alkyl halides is 3. The third-order valence-corrected chi connectivity index (χ3v) is 5.41. The summed E-state index contributed by atoms with van der Waals surface area (Å²) in [5, 5.41) is 0.756. The minimum absolute atomic E-state index is 0.0710. The summed E-state index contributed by atoms with van der Waals surface area (Å²) >= 11 is 0. The largest absolute Gasteiger partial charge is 0.573 e. The molecule has 27 heavy (non-hydrogen) atoms. The molecular weight excluding hydrogens is 383 g/mol. The van der Waals surface area contributed by atoms with E-state index in [-0.39, 0.29) is 10.6 Å². The summed E-state index contributed by atoms with van der Waals surface area (Å²) in [6.45, 7) is 0. The highest BCUT2D eigenvalue weighted by atomic mass is 32.2. The first kappa shape index (κ1) is 19.0. The maximum absolute atomic E-state index is 12.8. The summed E-state index contributed by atoms with van der Waals surface area (Å²) in [4.78, 5) is 3.81. The first-order valence-electron chi connectivity index (χ1n) is 7.68. The van der Waals surface area contributed by atoms with Crippen molar-refractivity contribution in [1.82, 2.24) is 4.98 Å². The van der Waals surface area contributed by atoms with Crippen LogP contribution in [0.1, 0.15) is 5.56 Å². The molecule has 142 valence electrons. The lowest BCUT2D eigenvalue weighted by Crippen LogP contribution is -2.17. The maximum Gasteiger partial charge on any atom is 0.573 e. The molecule has 3 aromatic rings. The van der Waals surface area contributed by atoms with E-state index >= 15 is 0 Å². The topological polar surface area (TPSA) is 65.5 Å². The van der Waals surface area contributed by atoms with Crippen molar-refractivity contribution in [2.75, 3.05) is 7.11 Å². The molecule has 9 heteroatoms. The number of methoxy groups -OCH3 is 1. The zero-order chi connectivity index (χ0) is 19.7. The normalized spacial score (nSPS) is 12.1. The van der Waals surface area contributed by atoms with Crippen LogP contribution in [0, 0.1) is 0 Å². The summed E-state index contributed by atoms with van der Waals surface area (Å²) in [6.07, 6.45) is -3.51.